The van der Waals surface area contributed by atoms with Gasteiger partial charge >= 0.3 is 13.6 Å². The Morgan fingerprint density at radius 2 is 2.17 bits per heavy atom. The summed E-state index contributed by atoms with van der Waals surface area (Å²) in [6.07, 6.45) is -2.04. The van der Waals surface area contributed by atoms with Gasteiger partial charge in [-0.25, -0.2) is 4.79 Å². The molecule has 0 bridgehead atoms. The molecule has 72 valence electrons. The molecule has 1 atom stereocenters. The smallest absolute Gasteiger partial charge is 0.356 e. The molecule has 8 nitrogen and oxygen atoms in total. The molecular formula is C3H10N3O5P. The first-order valence-corrected chi connectivity index (χ1v) is 4.60. The lowest BCUT2D eigenvalue weighted by Gasteiger charge is -2.10. The average Bonchev–Trinajstić information content (AvgIpc) is 1.97. The highest BCUT2D eigenvalue weighted by atomic mass is 31.2. The third-order valence-electron chi connectivity index (χ3n) is 0.887. The van der Waals surface area contributed by atoms with Gasteiger partial charge in [-0.05, 0) is 0 Å². The maximum absolute atomic E-state index is 10.4. The van der Waals surface area contributed by atoms with E-state index in [2.05, 4.69) is 10.7 Å². The number of carbonyl (C=O) groups is 1. The molecule has 0 saturated heterocycles. The predicted octanol–water partition coefficient (Wildman–Crippen LogP) is -2.59. The maximum atomic E-state index is 10.4. The quantitative estimate of drug-likeness (QED) is 0.188. The van der Waals surface area contributed by atoms with Crippen LogP contribution in [0.3, 0.4) is 0 Å². The monoisotopic (exact) mass is 199 g/mol. The molecule has 7 N–H and O–H groups in total. The van der Waals surface area contributed by atoms with Crippen molar-refractivity contribution >= 4 is 13.6 Å². The molecule has 12 heavy (non-hydrogen) atoms. The van der Waals surface area contributed by atoms with Crippen LogP contribution in [0.25, 0.3) is 0 Å². The number of rotatable bonds is 4. The van der Waals surface area contributed by atoms with E-state index in [1.807, 2.05) is 5.32 Å². The van der Waals surface area contributed by atoms with Crippen molar-refractivity contribution in [2.24, 2.45) is 11.6 Å². The van der Waals surface area contributed by atoms with Gasteiger partial charge in [-0.15, -0.1) is 0 Å². The third kappa shape index (κ3) is 5.19. The number of hydrogen-bond acceptors (Lipinski definition) is 6. The molecule has 0 aliphatic rings. The van der Waals surface area contributed by atoms with Crippen LogP contribution in [0.15, 0.2) is 0 Å². The summed E-state index contributed by atoms with van der Waals surface area (Å²) in [4.78, 5) is 30.8. The fraction of sp³-hybridized carbons (Fsp3) is 0.667. The van der Waals surface area contributed by atoms with E-state index < -0.39 is 26.0 Å². The van der Waals surface area contributed by atoms with Crippen molar-refractivity contribution < 1.29 is 24.0 Å². The molecule has 0 aromatic rings. The molecule has 0 spiro atoms. The van der Waals surface area contributed by atoms with Crippen LogP contribution in [0.4, 0.5) is 0 Å². The van der Waals surface area contributed by atoms with Gasteiger partial charge < -0.3 is 20.4 Å². The first-order valence-electron chi connectivity index (χ1n) is 2.81. The van der Waals surface area contributed by atoms with Gasteiger partial charge in [0.15, 0.2) is 6.17 Å². The van der Waals surface area contributed by atoms with Gasteiger partial charge in [0.25, 0.3) is 0 Å². The van der Waals surface area contributed by atoms with Crippen LogP contribution in [0.5, 0.6) is 0 Å². The van der Waals surface area contributed by atoms with Crippen LogP contribution < -0.4 is 16.9 Å². The van der Waals surface area contributed by atoms with Crippen molar-refractivity contribution in [1.29, 1.82) is 0 Å². The summed E-state index contributed by atoms with van der Waals surface area (Å²) in [7, 11) is -4.21. The van der Waals surface area contributed by atoms with Crippen molar-refractivity contribution in [2.75, 3.05) is 6.29 Å². The van der Waals surface area contributed by atoms with E-state index in [1.165, 1.54) is 0 Å². The predicted molar refractivity (Wildman–Crippen MR) is 38.3 cm³/mol. The van der Waals surface area contributed by atoms with Gasteiger partial charge in [-0.2, -0.15) is 5.90 Å². The fourth-order valence-electron chi connectivity index (χ4n) is 0.374. The number of nitrogens with two attached hydrogens (primary N) is 2. The van der Waals surface area contributed by atoms with Crippen molar-refractivity contribution in [2.45, 2.75) is 6.17 Å². The molecule has 0 amide bonds. The lowest BCUT2D eigenvalue weighted by atomic mass is 10.5. The Hall–Kier alpha value is -0.500. The van der Waals surface area contributed by atoms with Crippen molar-refractivity contribution in [3.05, 3.63) is 0 Å². The minimum absolute atomic E-state index is 0.705. The second-order valence-corrected chi connectivity index (χ2v) is 3.59. The number of hydrogen-bond donors (Lipinski definition) is 5. The highest BCUT2D eigenvalue weighted by Gasteiger charge is 2.19. The molecule has 0 heterocycles. The molecule has 0 aromatic carbocycles. The molecule has 0 saturated carbocycles. The van der Waals surface area contributed by atoms with Gasteiger partial charge in [-0.1, -0.05) is 0 Å². The Morgan fingerprint density at radius 3 is 2.50 bits per heavy atom. The number of carbonyl (C=O) groups excluding carboxylic acids is 1. The Labute approximate surface area is 68.0 Å². The first kappa shape index (κ1) is 11.5. The normalized spacial score (nSPS) is 14.0. The zero-order valence-corrected chi connectivity index (χ0v) is 6.90. The molecule has 0 fully saturated rings. The van der Waals surface area contributed by atoms with Crippen LogP contribution in [-0.2, 0) is 14.2 Å². The zero-order valence-electron chi connectivity index (χ0n) is 6.01. The van der Waals surface area contributed by atoms with Crippen molar-refractivity contribution in [1.82, 2.24) is 5.32 Å². The van der Waals surface area contributed by atoms with Crippen LogP contribution in [0.1, 0.15) is 0 Å². The minimum Gasteiger partial charge on any atom is -0.371 e. The lowest BCUT2D eigenvalue weighted by Crippen LogP contribution is -2.46. The lowest BCUT2D eigenvalue weighted by molar-refractivity contribution is -0.146. The van der Waals surface area contributed by atoms with Gasteiger partial charge in [-0.3, -0.25) is 9.88 Å². The van der Waals surface area contributed by atoms with Crippen LogP contribution in [-0.4, -0.2) is 28.2 Å². The van der Waals surface area contributed by atoms with E-state index in [-0.39, 0.29) is 0 Å². The van der Waals surface area contributed by atoms with E-state index in [9.17, 15) is 9.36 Å². The van der Waals surface area contributed by atoms with Crippen LogP contribution in [0.2, 0.25) is 0 Å². The van der Waals surface area contributed by atoms with E-state index in [0.29, 0.717) is 0 Å². The molecule has 0 aliphatic heterocycles. The SMILES string of the molecule is NOC(=O)C(N)NCP(=O)(O)O. The van der Waals surface area contributed by atoms with Gasteiger partial charge in [0.2, 0.25) is 0 Å². The van der Waals surface area contributed by atoms with E-state index in [0.717, 1.165) is 0 Å². The molecule has 0 aromatic heterocycles. The summed E-state index contributed by atoms with van der Waals surface area (Å²) in [5, 5.41) is 2.03. The van der Waals surface area contributed by atoms with E-state index in [4.69, 9.17) is 15.5 Å². The Morgan fingerprint density at radius 1 is 1.67 bits per heavy atom. The second kappa shape index (κ2) is 4.51. The highest BCUT2D eigenvalue weighted by molar-refractivity contribution is 7.51. The van der Waals surface area contributed by atoms with Crippen molar-refractivity contribution in [3.8, 4) is 0 Å². The molecule has 9 heteroatoms. The first-order chi connectivity index (χ1) is 5.37. The fourth-order valence-corrected chi connectivity index (χ4v) is 0.808. The van der Waals surface area contributed by atoms with E-state index in [1.54, 1.807) is 0 Å². The summed E-state index contributed by atoms with van der Waals surface area (Å²) < 4.78 is 10.2. The summed E-state index contributed by atoms with van der Waals surface area (Å²) in [6, 6.07) is 0. The van der Waals surface area contributed by atoms with Gasteiger partial charge in [0.1, 0.15) is 6.29 Å². The standard InChI is InChI=1S/C3H10N3O5P/c4-2(3(7)11-5)6-1-12(8,9)10/h2,6H,1,4-5H2,(H2,8,9,10). The Kier molecular flexibility index (Phi) is 4.32. The molecule has 0 rings (SSSR count). The average molecular weight is 199 g/mol. The maximum Gasteiger partial charge on any atom is 0.356 e. The summed E-state index contributed by atoms with van der Waals surface area (Å²) in [5.41, 5.74) is 5.03. The number of nitrogens with one attached hydrogen (secondary N) is 1. The summed E-state index contributed by atoms with van der Waals surface area (Å²) in [6.45, 7) is 0. The van der Waals surface area contributed by atoms with Crippen LogP contribution in [0, 0.1) is 0 Å². The summed E-state index contributed by atoms with van der Waals surface area (Å²) in [5.74, 6) is 3.45. The van der Waals surface area contributed by atoms with Crippen LogP contribution >= 0.6 is 7.60 Å². The minimum atomic E-state index is -4.21. The molecule has 0 aliphatic carbocycles. The van der Waals surface area contributed by atoms with Gasteiger partial charge in [0, 0.05) is 0 Å². The largest absolute Gasteiger partial charge is 0.371 e. The zero-order chi connectivity index (χ0) is 9.78. The third-order valence-corrected chi connectivity index (χ3v) is 1.48. The molecule has 1 unspecified atom stereocenters. The molecule has 0 radical (unpaired) electrons. The molecular weight excluding hydrogens is 189 g/mol. The van der Waals surface area contributed by atoms with Gasteiger partial charge in [0.05, 0.1) is 0 Å². The second-order valence-electron chi connectivity index (χ2n) is 1.94. The topological polar surface area (TPSA) is 148 Å². The Balaban J connectivity index is 3.79. The summed E-state index contributed by atoms with van der Waals surface area (Å²) >= 11 is 0. The highest BCUT2D eigenvalue weighted by Crippen LogP contribution is 2.31. The van der Waals surface area contributed by atoms with E-state index >= 15 is 0 Å². The Bertz CT molecular complexity index is 202. The van der Waals surface area contributed by atoms with Crippen molar-refractivity contribution in [3.63, 3.8) is 0 Å².